The molecule has 1 unspecified atom stereocenters. The van der Waals surface area contributed by atoms with Gasteiger partial charge in [-0.15, -0.1) is 0 Å². The van der Waals surface area contributed by atoms with Crippen LogP contribution in [0.3, 0.4) is 0 Å². The average Bonchev–Trinajstić information content (AvgIpc) is 2.24. The molecule has 0 aliphatic rings. The predicted octanol–water partition coefficient (Wildman–Crippen LogP) is 3.73. The van der Waals surface area contributed by atoms with Crippen LogP contribution in [0.1, 0.15) is 53.1 Å². The first-order valence-corrected chi connectivity index (χ1v) is 6.48. The number of hydrogen-bond acceptors (Lipinski definition) is 2. The molecule has 100 valence electrons. The molecule has 0 radical (unpaired) electrons. The second-order valence-corrected chi connectivity index (χ2v) is 6.85. The summed E-state index contributed by atoms with van der Waals surface area (Å²) >= 11 is 0. The van der Waals surface area contributed by atoms with Crippen molar-refractivity contribution in [3.05, 3.63) is 35.9 Å². The maximum Gasteiger partial charge on any atom is 0.159 e. The molecule has 2 heteroatoms. The monoisotopic (exact) mass is 247 g/mol. The Morgan fingerprint density at radius 2 is 1.50 bits per heavy atom. The van der Waals surface area contributed by atoms with E-state index in [2.05, 4.69) is 26.1 Å². The lowest BCUT2D eigenvalue weighted by Gasteiger charge is -2.32. The fourth-order valence-corrected chi connectivity index (χ4v) is 1.81. The highest BCUT2D eigenvalue weighted by Gasteiger charge is 2.32. The first-order valence-electron chi connectivity index (χ1n) is 6.48. The Morgan fingerprint density at radius 3 is 1.89 bits per heavy atom. The number of hydrogen-bond donors (Lipinski definition) is 1. The normalized spacial score (nSPS) is 14.3. The van der Waals surface area contributed by atoms with Crippen molar-refractivity contribution in [2.45, 2.75) is 53.1 Å². The highest BCUT2D eigenvalue weighted by molar-refractivity contribution is 5.89. The number of Topliss-reactive ketones (excluding diaryl/α,β-unsaturated/α-hetero) is 1. The van der Waals surface area contributed by atoms with E-state index in [0.717, 1.165) is 5.56 Å². The van der Waals surface area contributed by atoms with Gasteiger partial charge in [-0.05, 0) is 26.3 Å². The minimum absolute atomic E-state index is 0.0958. The molecule has 18 heavy (non-hydrogen) atoms. The van der Waals surface area contributed by atoms with Crippen LogP contribution in [0, 0.1) is 5.41 Å². The Balaban J connectivity index is 3.08. The molecule has 0 fully saturated rings. The van der Waals surface area contributed by atoms with Gasteiger partial charge in [0, 0.05) is 11.0 Å². The zero-order valence-corrected chi connectivity index (χ0v) is 12.4. The molecule has 0 amide bonds. The van der Waals surface area contributed by atoms with Crippen LogP contribution in [0.2, 0.25) is 0 Å². The summed E-state index contributed by atoms with van der Waals surface area (Å²) in [5.74, 6) is 0.226. The zero-order chi connectivity index (χ0) is 14.0. The molecule has 0 aromatic heterocycles. The van der Waals surface area contributed by atoms with Gasteiger partial charge in [0.2, 0.25) is 0 Å². The van der Waals surface area contributed by atoms with Crippen molar-refractivity contribution in [2.24, 2.45) is 5.41 Å². The molecule has 0 aliphatic heterocycles. The van der Waals surface area contributed by atoms with E-state index in [1.807, 2.05) is 51.1 Å². The Morgan fingerprint density at radius 1 is 1.00 bits per heavy atom. The van der Waals surface area contributed by atoms with Crippen LogP contribution in [0.15, 0.2) is 30.3 Å². The van der Waals surface area contributed by atoms with Gasteiger partial charge in [-0.3, -0.25) is 10.1 Å². The lowest BCUT2D eigenvalue weighted by atomic mass is 9.83. The van der Waals surface area contributed by atoms with Crippen molar-refractivity contribution >= 4 is 5.78 Å². The molecule has 1 rings (SSSR count). The van der Waals surface area contributed by atoms with E-state index in [0.29, 0.717) is 0 Å². The molecule has 0 bridgehead atoms. The van der Waals surface area contributed by atoms with Crippen molar-refractivity contribution < 1.29 is 4.79 Å². The summed E-state index contributed by atoms with van der Waals surface area (Å²) < 4.78 is 0. The van der Waals surface area contributed by atoms with Crippen molar-refractivity contribution in [2.75, 3.05) is 0 Å². The third kappa shape index (κ3) is 4.26. The first kappa shape index (κ1) is 14.9. The number of carbonyl (C=O) groups is 1. The van der Waals surface area contributed by atoms with Gasteiger partial charge < -0.3 is 0 Å². The average molecular weight is 247 g/mol. The lowest BCUT2D eigenvalue weighted by molar-refractivity contribution is -0.129. The van der Waals surface area contributed by atoms with Crippen LogP contribution in [0.5, 0.6) is 0 Å². The van der Waals surface area contributed by atoms with E-state index in [4.69, 9.17) is 0 Å². The van der Waals surface area contributed by atoms with E-state index in [1.165, 1.54) is 0 Å². The quantitative estimate of drug-likeness (QED) is 0.881. The van der Waals surface area contributed by atoms with E-state index in [-0.39, 0.29) is 22.8 Å². The topological polar surface area (TPSA) is 29.1 Å². The molecule has 0 saturated heterocycles. The standard InChI is InChI=1S/C16H25NO/c1-15(2,3)14(18)13(17-16(4,5)6)12-10-8-7-9-11-12/h7-11,13,17H,1-6H3. The third-order valence-electron chi connectivity index (χ3n) is 2.71. The summed E-state index contributed by atoms with van der Waals surface area (Å²) in [7, 11) is 0. The Bertz CT molecular complexity index is 395. The summed E-state index contributed by atoms with van der Waals surface area (Å²) in [6.45, 7) is 12.2. The fourth-order valence-electron chi connectivity index (χ4n) is 1.81. The van der Waals surface area contributed by atoms with Gasteiger partial charge in [-0.1, -0.05) is 51.1 Å². The maximum absolute atomic E-state index is 12.6. The van der Waals surface area contributed by atoms with E-state index in [9.17, 15) is 4.79 Å². The van der Waals surface area contributed by atoms with E-state index < -0.39 is 0 Å². The highest BCUT2D eigenvalue weighted by atomic mass is 16.1. The lowest BCUT2D eigenvalue weighted by Crippen LogP contribution is -2.45. The van der Waals surface area contributed by atoms with Gasteiger partial charge in [0.25, 0.3) is 0 Å². The number of rotatable bonds is 3. The Hall–Kier alpha value is -1.15. The summed E-state index contributed by atoms with van der Waals surface area (Å²) in [5.41, 5.74) is 0.590. The molecule has 1 atom stereocenters. The summed E-state index contributed by atoms with van der Waals surface area (Å²) in [6, 6.07) is 9.69. The van der Waals surface area contributed by atoms with Crippen LogP contribution < -0.4 is 5.32 Å². The first-order chi connectivity index (χ1) is 8.11. The molecule has 0 aliphatic carbocycles. The van der Waals surface area contributed by atoms with Crippen molar-refractivity contribution in [3.8, 4) is 0 Å². The summed E-state index contributed by atoms with van der Waals surface area (Å²) in [4.78, 5) is 12.6. The number of benzene rings is 1. The number of nitrogens with one attached hydrogen (secondary N) is 1. The largest absolute Gasteiger partial charge is 0.299 e. The smallest absolute Gasteiger partial charge is 0.159 e. The van der Waals surface area contributed by atoms with Crippen LogP contribution in [0.25, 0.3) is 0 Å². The van der Waals surface area contributed by atoms with Crippen molar-refractivity contribution in [1.29, 1.82) is 0 Å². The van der Waals surface area contributed by atoms with Crippen LogP contribution >= 0.6 is 0 Å². The van der Waals surface area contributed by atoms with Gasteiger partial charge >= 0.3 is 0 Å². The second kappa shape index (κ2) is 5.23. The van der Waals surface area contributed by atoms with E-state index >= 15 is 0 Å². The van der Waals surface area contributed by atoms with Crippen LogP contribution in [0.4, 0.5) is 0 Å². The molecule has 2 nitrogen and oxygen atoms in total. The minimum atomic E-state index is -0.348. The molecule has 1 N–H and O–H groups in total. The predicted molar refractivity (Wildman–Crippen MR) is 76.5 cm³/mol. The van der Waals surface area contributed by atoms with Gasteiger partial charge in [0.15, 0.2) is 5.78 Å². The SMILES string of the molecule is CC(C)(C)NC(C(=O)C(C)(C)C)c1ccccc1. The third-order valence-corrected chi connectivity index (χ3v) is 2.71. The molecular formula is C16H25NO. The summed E-state index contributed by atoms with van der Waals surface area (Å²) in [6.07, 6.45) is 0. The molecule has 0 spiro atoms. The molecule has 1 aromatic carbocycles. The van der Waals surface area contributed by atoms with Gasteiger partial charge in [-0.25, -0.2) is 0 Å². The zero-order valence-electron chi connectivity index (χ0n) is 12.4. The fraction of sp³-hybridized carbons (Fsp3) is 0.562. The van der Waals surface area contributed by atoms with Gasteiger partial charge in [0.1, 0.15) is 0 Å². The van der Waals surface area contributed by atoms with Crippen molar-refractivity contribution in [1.82, 2.24) is 5.32 Å². The molecule has 0 saturated carbocycles. The number of ketones is 1. The molecular weight excluding hydrogens is 222 g/mol. The number of carbonyl (C=O) groups excluding carboxylic acids is 1. The Labute approximate surface area is 111 Å². The summed E-state index contributed by atoms with van der Waals surface area (Å²) in [5, 5.41) is 3.43. The molecule has 0 heterocycles. The van der Waals surface area contributed by atoms with Crippen LogP contribution in [-0.2, 0) is 4.79 Å². The highest BCUT2D eigenvalue weighted by Crippen LogP contribution is 2.27. The van der Waals surface area contributed by atoms with Gasteiger partial charge in [0.05, 0.1) is 6.04 Å². The van der Waals surface area contributed by atoms with Crippen molar-refractivity contribution in [3.63, 3.8) is 0 Å². The minimum Gasteiger partial charge on any atom is -0.299 e. The molecule has 1 aromatic rings. The maximum atomic E-state index is 12.6. The van der Waals surface area contributed by atoms with E-state index in [1.54, 1.807) is 0 Å². The van der Waals surface area contributed by atoms with Gasteiger partial charge in [-0.2, -0.15) is 0 Å². The van der Waals surface area contributed by atoms with Crippen LogP contribution in [-0.4, -0.2) is 11.3 Å². The Kier molecular flexibility index (Phi) is 4.33. The second-order valence-electron chi connectivity index (χ2n) is 6.85.